The molecule has 1 fully saturated rings. The highest BCUT2D eigenvalue weighted by atomic mass is 32.1. The number of hydrogen-bond acceptors (Lipinski definition) is 4. The molecule has 0 amide bonds. The van der Waals surface area contributed by atoms with Crippen LogP contribution < -0.4 is 15.0 Å². The topological polar surface area (TPSA) is 50.5 Å². The maximum absolute atomic E-state index is 6.46. The van der Waals surface area contributed by atoms with Crippen molar-refractivity contribution in [3.63, 3.8) is 0 Å². The van der Waals surface area contributed by atoms with Gasteiger partial charge in [0.25, 0.3) is 0 Å². The van der Waals surface area contributed by atoms with E-state index in [-0.39, 0.29) is 12.1 Å². The van der Waals surface area contributed by atoms with Gasteiger partial charge in [-0.05, 0) is 105 Å². The molecular weight excluding hydrogens is 442 g/mol. The number of ether oxygens (including phenoxy) is 1. The average molecular weight is 470 g/mol. The molecule has 1 saturated heterocycles. The number of aryl methyl sites for hydroxylation is 2. The molecule has 0 aliphatic carbocycles. The number of nitrogens with zero attached hydrogens (tertiary/aromatic N) is 2. The van der Waals surface area contributed by atoms with E-state index in [4.69, 9.17) is 21.4 Å². The van der Waals surface area contributed by atoms with Gasteiger partial charge in [-0.25, -0.2) is 0 Å². The van der Waals surface area contributed by atoms with Gasteiger partial charge in [-0.1, -0.05) is 12.1 Å². The third-order valence-corrected chi connectivity index (χ3v) is 6.27. The smallest absolute Gasteiger partial charge is 0.174 e. The second-order valence-corrected chi connectivity index (χ2v) is 8.89. The zero-order chi connectivity index (χ0) is 23.7. The lowest BCUT2D eigenvalue weighted by atomic mass is 10.0. The first kappa shape index (κ1) is 22.2. The summed E-state index contributed by atoms with van der Waals surface area (Å²) in [4.78, 5) is 6.77. The number of aromatic nitrogens is 1. The van der Waals surface area contributed by atoms with Gasteiger partial charge >= 0.3 is 0 Å². The van der Waals surface area contributed by atoms with E-state index in [1.807, 2.05) is 67.7 Å². The number of benzene rings is 2. The van der Waals surface area contributed by atoms with Crippen molar-refractivity contribution >= 4 is 23.0 Å². The standard InChI is InChI=1S/C28H27N3O2S/c1-4-32-22-10-8-20(9-11-22)24-12-13-25(33-24)27-26(23-7-5-6-14-29-23)30-28(34)31(27)21-16-18(2)15-19(3)17-21/h5-17,26-27H,4H2,1-3H3,(H,30,34)/t26-,27-/m1/s1. The molecule has 2 atom stereocenters. The molecular formula is C28H27N3O2S. The molecule has 0 radical (unpaired) electrons. The molecule has 34 heavy (non-hydrogen) atoms. The highest BCUT2D eigenvalue weighted by Gasteiger charge is 2.42. The molecule has 1 aliphatic rings. The van der Waals surface area contributed by atoms with Crippen LogP contribution in [0.5, 0.6) is 5.75 Å². The van der Waals surface area contributed by atoms with E-state index in [9.17, 15) is 0 Å². The summed E-state index contributed by atoms with van der Waals surface area (Å²) in [5.41, 5.74) is 5.33. The number of hydrogen-bond donors (Lipinski definition) is 1. The Morgan fingerprint density at radius 3 is 2.44 bits per heavy atom. The van der Waals surface area contributed by atoms with Gasteiger partial charge in [-0.2, -0.15) is 0 Å². The van der Waals surface area contributed by atoms with Crippen LogP contribution >= 0.6 is 12.2 Å². The molecule has 1 N–H and O–H groups in total. The molecule has 1 aliphatic heterocycles. The maximum Gasteiger partial charge on any atom is 0.174 e. The van der Waals surface area contributed by atoms with Gasteiger partial charge in [-0.3, -0.25) is 4.98 Å². The molecule has 0 spiro atoms. The fourth-order valence-electron chi connectivity index (χ4n) is 4.56. The van der Waals surface area contributed by atoms with Crippen molar-refractivity contribution in [2.75, 3.05) is 11.5 Å². The van der Waals surface area contributed by atoms with E-state index in [0.717, 1.165) is 34.2 Å². The first-order valence-corrected chi connectivity index (χ1v) is 11.9. The summed E-state index contributed by atoms with van der Waals surface area (Å²) in [6, 6.07) is 24.1. The van der Waals surface area contributed by atoms with Gasteiger partial charge in [0.15, 0.2) is 5.11 Å². The summed E-state index contributed by atoms with van der Waals surface area (Å²) in [5.74, 6) is 2.47. The average Bonchev–Trinajstić information content (AvgIpc) is 3.44. The normalized spacial score (nSPS) is 17.6. The largest absolute Gasteiger partial charge is 0.494 e. The SMILES string of the molecule is CCOc1ccc(-c2ccc([C@@H]3[C@@H](c4ccccn4)NC(=S)N3c3cc(C)cc(C)c3)o2)cc1. The number of furan rings is 1. The number of thiocarbonyl (C=S) groups is 1. The Bertz CT molecular complexity index is 1280. The van der Waals surface area contributed by atoms with E-state index in [0.29, 0.717) is 11.7 Å². The third kappa shape index (κ3) is 4.29. The van der Waals surface area contributed by atoms with Crippen LogP contribution in [0.2, 0.25) is 0 Å². The molecule has 5 nitrogen and oxygen atoms in total. The van der Waals surface area contributed by atoms with Crippen LogP contribution in [0, 0.1) is 13.8 Å². The van der Waals surface area contributed by atoms with Gasteiger partial charge in [0.1, 0.15) is 23.3 Å². The van der Waals surface area contributed by atoms with Crippen molar-refractivity contribution in [2.45, 2.75) is 32.9 Å². The molecule has 5 rings (SSSR count). The number of anilines is 1. The fraction of sp³-hybridized carbons (Fsp3) is 0.214. The summed E-state index contributed by atoms with van der Waals surface area (Å²) in [6.07, 6.45) is 1.81. The van der Waals surface area contributed by atoms with Crippen molar-refractivity contribution in [2.24, 2.45) is 0 Å². The van der Waals surface area contributed by atoms with Crippen molar-refractivity contribution in [3.8, 4) is 17.1 Å². The Labute approximate surface area is 205 Å². The molecule has 0 bridgehead atoms. The van der Waals surface area contributed by atoms with E-state index < -0.39 is 0 Å². The first-order valence-electron chi connectivity index (χ1n) is 11.5. The Hall–Kier alpha value is -3.64. The minimum atomic E-state index is -0.181. The summed E-state index contributed by atoms with van der Waals surface area (Å²) < 4.78 is 12.0. The second kappa shape index (κ2) is 9.31. The molecule has 2 aromatic heterocycles. The summed E-state index contributed by atoms with van der Waals surface area (Å²) >= 11 is 5.83. The molecule has 4 aromatic rings. The Balaban J connectivity index is 1.56. The zero-order valence-electron chi connectivity index (χ0n) is 19.5. The Kier molecular flexibility index (Phi) is 6.07. The highest BCUT2D eigenvalue weighted by molar-refractivity contribution is 7.80. The van der Waals surface area contributed by atoms with Crippen molar-refractivity contribution in [3.05, 3.63) is 102 Å². The van der Waals surface area contributed by atoms with Crippen LogP contribution in [-0.2, 0) is 0 Å². The van der Waals surface area contributed by atoms with E-state index >= 15 is 0 Å². The van der Waals surface area contributed by atoms with Gasteiger partial charge in [0, 0.05) is 17.4 Å². The highest BCUT2D eigenvalue weighted by Crippen LogP contribution is 2.43. The molecule has 172 valence electrons. The summed E-state index contributed by atoms with van der Waals surface area (Å²) in [7, 11) is 0. The minimum absolute atomic E-state index is 0.145. The Morgan fingerprint density at radius 2 is 1.76 bits per heavy atom. The van der Waals surface area contributed by atoms with Gasteiger partial charge < -0.3 is 19.4 Å². The van der Waals surface area contributed by atoms with E-state index in [1.54, 1.807) is 0 Å². The lowest BCUT2D eigenvalue weighted by Crippen LogP contribution is -2.29. The van der Waals surface area contributed by atoms with Crippen molar-refractivity contribution < 1.29 is 9.15 Å². The zero-order valence-corrected chi connectivity index (χ0v) is 20.3. The van der Waals surface area contributed by atoms with Crippen molar-refractivity contribution in [1.29, 1.82) is 0 Å². The lowest BCUT2D eigenvalue weighted by molar-refractivity contribution is 0.340. The minimum Gasteiger partial charge on any atom is -0.494 e. The van der Waals surface area contributed by atoms with Crippen LogP contribution in [0.15, 0.2) is 83.4 Å². The first-order chi connectivity index (χ1) is 16.5. The van der Waals surface area contributed by atoms with Crippen LogP contribution in [0.3, 0.4) is 0 Å². The molecule has 3 heterocycles. The molecule has 2 aromatic carbocycles. The lowest BCUT2D eigenvalue weighted by Gasteiger charge is -2.26. The van der Waals surface area contributed by atoms with E-state index in [1.165, 1.54) is 11.1 Å². The predicted molar refractivity (Wildman–Crippen MR) is 139 cm³/mol. The monoisotopic (exact) mass is 469 g/mol. The molecule has 6 heteroatoms. The van der Waals surface area contributed by atoms with Crippen LogP contribution in [0.25, 0.3) is 11.3 Å². The van der Waals surface area contributed by atoms with Crippen molar-refractivity contribution in [1.82, 2.24) is 10.3 Å². The van der Waals surface area contributed by atoms with Crippen LogP contribution in [0.4, 0.5) is 5.69 Å². The van der Waals surface area contributed by atoms with E-state index in [2.05, 4.69) is 47.2 Å². The molecule has 0 unspecified atom stereocenters. The number of pyridine rings is 1. The third-order valence-electron chi connectivity index (χ3n) is 5.95. The van der Waals surface area contributed by atoms with Gasteiger partial charge in [0.2, 0.25) is 0 Å². The van der Waals surface area contributed by atoms with Crippen LogP contribution in [-0.4, -0.2) is 16.7 Å². The van der Waals surface area contributed by atoms with Gasteiger partial charge in [0.05, 0.1) is 18.3 Å². The summed E-state index contributed by atoms with van der Waals surface area (Å²) in [5, 5.41) is 4.15. The quantitative estimate of drug-likeness (QED) is 0.324. The fourth-order valence-corrected chi connectivity index (χ4v) is 4.91. The summed E-state index contributed by atoms with van der Waals surface area (Å²) in [6.45, 7) is 6.82. The maximum atomic E-state index is 6.46. The molecule has 0 saturated carbocycles. The van der Waals surface area contributed by atoms with Gasteiger partial charge in [-0.15, -0.1) is 0 Å². The van der Waals surface area contributed by atoms with Crippen LogP contribution in [0.1, 0.15) is 41.6 Å². The second-order valence-electron chi connectivity index (χ2n) is 8.50. The number of rotatable bonds is 6. The Morgan fingerprint density at radius 1 is 1.00 bits per heavy atom. The number of nitrogens with one attached hydrogen (secondary N) is 1. The predicted octanol–water partition coefficient (Wildman–Crippen LogP) is 6.53.